The summed E-state index contributed by atoms with van der Waals surface area (Å²) in [4.78, 5) is 13.0. The Labute approximate surface area is 73.7 Å². The first-order valence-corrected chi connectivity index (χ1v) is 4.55. The number of morpholine rings is 1. The zero-order valence-electron chi connectivity index (χ0n) is 8.04. The molecule has 1 amide bonds. The molecule has 1 rings (SSSR count). The Morgan fingerprint density at radius 2 is 2.33 bits per heavy atom. The number of carbonyl (C=O) groups is 1. The van der Waals surface area contributed by atoms with Crippen LogP contribution < -0.4 is 0 Å². The van der Waals surface area contributed by atoms with E-state index in [4.69, 9.17) is 4.74 Å². The monoisotopic (exact) mass is 171 g/mol. The van der Waals surface area contributed by atoms with Gasteiger partial charge in [-0.15, -0.1) is 0 Å². The molecule has 0 unspecified atom stereocenters. The van der Waals surface area contributed by atoms with E-state index in [2.05, 4.69) is 13.8 Å². The second kappa shape index (κ2) is 3.90. The van der Waals surface area contributed by atoms with Gasteiger partial charge in [0.05, 0.1) is 18.8 Å². The highest BCUT2D eigenvalue weighted by Crippen LogP contribution is 2.16. The highest BCUT2D eigenvalue weighted by Gasteiger charge is 2.28. The minimum absolute atomic E-state index is 0.157. The molecule has 1 heterocycles. The van der Waals surface area contributed by atoms with Crippen LogP contribution in [0.2, 0.25) is 0 Å². The van der Waals surface area contributed by atoms with Crippen LogP contribution >= 0.6 is 0 Å². The molecule has 0 saturated carbocycles. The first-order valence-electron chi connectivity index (χ1n) is 4.55. The maximum atomic E-state index is 11.1. The normalized spacial score (nSPS) is 30.4. The molecule has 2 atom stereocenters. The van der Waals surface area contributed by atoms with E-state index in [1.54, 1.807) is 6.92 Å². The van der Waals surface area contributed by atoms with E-state index in [0.29, 0.717) is 6.61 Å². The third-order valence-electron chi connectivity index (χ3n) is 2.50. The molecule has 0 aromatic heterocycles. The van der Waals surface area contributed by atoms with Crippen molar-refractivity contribution < 1.29 is 9.53 Å². The molecule has 0 aromatic rings. The molecule has 0 aliphatic carbocycles. The lowest BCUT2D eigenvalue weighted by Gasteiger charge is -2.38. The van der Waals surface area contributed by atoms with Crippen molar-refractivity contribution in [1.29, 1.82) is 0 Å². The average Bonchev–Trinajstić information content (AvgIpc) is 2.04. The molecule has 0 bridgehead atoms. The van der Waals surface area contributed by atoms with Gasteiger partial charge in [0, 0.05) is 13.5 Å². The van der Waals surface area contributed by atoms with Crippen LogP contribution in [0.25, 0.3) is 0 Å². The second-order valence-electron chi connectivity index (χ2n) is 3.27. The minimum atomic E-state index is 0.157. The number of hydrogen-bond acceptors (Lipinski definition) is 2. The van der Waals surface area contributed by atoms with Gasteiger partial charge in [0.15, 0.2) is 0 Å². The standard InChI is InChI=1S/C9H17NO2/c1-4-9-7(2)10(8(3)11)5-6-12-9/h7,9H,4-6H2,1-3H3/t7-,9+/m1/s1. The van der Waals surface area contributed by atoms with Crippen molar-refractivity contribution in [3.63, 3.8) is 0 Å². The summed E-state index contributed by atoms with van der Waals surface area (Å²) in [6, 6.07) is 0.237. The summed E-state index contributed by atoms with van der Waals surface area (Å²) in [5.41, 5.74) is 0. The zero-order chi connectivity index (χ0) is 9.14. The van der Waals surface area contributed by atoms with Gasteiger partial charge in [-0.05, 0) is 13.3 Å². The van der Waals surface area contributed by atoms with Crippen LogP contribution in [-0.2, 0) is 9.53 Å². The predicted molar refractivity (Wildman–Crippen MR) is 46.9 cm³/mol. The van der Waals surface area contributed by atoms with E-state index in [0.717, 1.165) is 13.0 Å². The van der Waals surface area contributed by atoms with E-state index in [9.17, 15) is 4.79 Å². The van der Waals surface area contributed by atoms with Gasteiger partial charge in [-0.2, -0.15) is 0 Å². The van der Waals surface area contributed by atoms with Crippen LogP contribution in [0.3, 0.4) is 0 Å². The summed E-state index contributed by atoms with van der Waals surface area (Å²) in [6.07, 6.45) is 1.20. The van der Waals surface area contributed by atoms with E-state index in [1.165, 1.54) is 0 Å². The molecular formula is C9H17NO2. The van der Waals surface area contributed by atoms with Crippen molar-refractivity contribution in [2.75, 3.05) is 13.2 Å². The lowest BCUT2D eigenvalue weighted by molar-refractivity contribution is -0.142. The largest absolute Gasteiger partial charge is 0.374 e. The third-order valence-corrected chi connectivity index (χ3v) is 2.50. The van der Waals surface area contributed by atoms with Gasteiger partial charge < -0.3 is 9.64 Å². The Morgan fingerprint density at radius 3 is 2.83 bits per heavy atom. The van der Waals surface area contributed by atoms with Crippen molar-refractivity contribution in [2.24, 2.45) is 0 Å². The van der Waals surface area contributed by atoms with Crippen LogP contribution in [0.4, 0.5) is 0 Å². The molecule has 1 saturated heterocycles. The van der Waals surface area contributed by atoms with Gasteiger partial charge in [-0.3, -0.25) is 4.79 Å². The first-order chi connectivity index (χ1) is 5.66. The summed E-state index contributed by atoms with van der Waals surface area (Å²) in [6.45, 7) is 7.18. The first kappa shape index (κ1) is 9.52. The zero-order valence-corrected chi connectivity index (χ0v) is 8.04. The SMILES string of the molecule is CC[C@@H]1OCCN(C(C)=O)[C@@H]1C. The fourth-order valence-corrected chi connectivity index (χ4v) is 1.75. The van der Waals surface area contributed by atoms with E-state index >= 15 is 0 Å². The minimum Gasteiger partial charge on any atom is -0.374 e. The highest BCUT2D eigenvalue weighted by molar-refractivity contribution is 5.73. The quantitative estimate of drug-likeness (QED) is 0.589. The summed E-state index contributed by atoms with van der Waals surface area (Å²) >= 11 is 0. The number of rotatable bonds is 1. The van der Waals surface area contributed by atoms with Crippen molar-refractivity contribution in [3.05, 3.63) is 0 Å². The number of ether oxygens (including phenoxy) is 1. The van der Waals surface area contributed by atoms with Crippen LogP contribution in [0.15, 0.2) is 0 Å². The van der Waals surface area contributed by atoms with Gasteiger partial charge >= 0.3 is 0 Å². The van der Waals surface area contributed by atoms with Crippen molar-refractivity contribution >= 4 is 5.91 Å². The summed E-state index contributed by atoms with van der Waals surface area (Å²) in [7, 11) is 0. The Kier molecular flexibility index (Phi) is 3.09. The fourth-order valence-electron chi connectivity index (χ4n) is 1.75. The lowest BCUT2D eigenvalue weighted by Crippen LogP contribution is -2.51. The fraction of sp³-hybridized carbons (Fsp3) is 0.889. The van der Waals surface area contributed by atoms with Crippen LogP contribution in [0.1, 0.15) is 27.2 Å². The van der Waals surface area contributed by atoms with Gasteiger partial charge in [0.25, 0.3) is 0 Å². The summed E-state index contributed by atoms with van der Waals surface area (Å²) in [5.74, 6) is 0.157. The smallest absolute Gasteiger partial charge is 0.219 e. The van der Waals surface area contributed by atoms with E-state index in [-0.39, 0.29) is 18.1 Å². The Morgan fingerprint density at radius 1 is 1.67 bits per heavy atom. The molecule has 1 fully saturated rings. The summed E-state index contributed by atoms with van der Waals surface area (Å²) in [5, 5.41) is 0. The second-order valence-corrected chi connectivity index (χ2v) is 3.27. The van der Waals surface area contributed by atoms with Crippen LogP contribution in [0.5, 0.6) is 0 Å². The highest BCUT2D eigenvalue weighted by atomic mass is 16.5. The number of nitrogens with zero attached hydrogens (tertiary/aromatic N) is 1. The number of hydrogen-bond donors (Lipinski definition) is 0. The van der Waals surface area contributed by atoms with Gasteiger partial charge in [-0.1, -0.05) is 6.92 Å². The molecule has 3 nitrogen and oxygen atoms in total. The van der Waals surface area contributed by atoms with E-state index in [1.807, 2.05) is 4.90 Å². The van der Waals surface area contributed by atoms with Crippen molar-refractivity contribution in [1.82, 2.24) is 4.90 Å². The number of amides is 1. The predicted octanol–water partition coefficient (Wildman–Crippen LogP) is 1.03. The topological polar surface area (TPSA) is 29.5 Å². The van der Waals surface area contributed by atoms with Crippen LogP contribution in [-0.4, -0.2) is 36.1 Å². The molecule has 3 heteroatoms. The van der Waals surface area contributed by atoms with Gasteiger partial charge in [0.1, 0.15) is 0 Å². The molecule has 0 N–H and O–H groups in total. The third kappa shape index (κ3) is 1.78. The Hall–Kier alpha value is -0.570. The molecule has 1 aliphatic rings. The molecule has 70 valence electrons. The number of carbonyl (C=O) groups excluding carboxylic acids is 1. The Balaban J connectivity index is 2.59. The summed E-state index contributed by atoms with van der Waals surface area (Å²) < 4.78 is 5.53. The van der Waals surface area contributed by atoms with Gasteiger partial charge in [-0.25, -0.2) is 0 Å². The van der Waals surface area contributed by atoms with Crippen molar-refractivity contribution in [3.8, 4) is 0 Å². The van der Waals surface area contributed by atoms with Crippen LogP contribution in [0, 0.1) is 0 Å². The molecule has 0 radical (unpaired) electrons. The molecule has 1 aliphatic heterocycles. The van der Waals surface area contributed by atoms with E-state index < -0.39 is 0 Å². The molecule has 0 spiro atoms. The maximum absolute atomic E-state index is 11.1. The maximum Gasteiger partial charge on any atom is 0.219 e. The molecular weight excluding hydrogens is 154 g/mol. The Bertz CT molecular complexity index is 170. The van der Waals surface area contributed by atoms with Gasteiger partial charge in [0.2, 0.25) is 5.91 Å². The average molecular weight is 171 g/mol. The molecule has 0 aromatic carbocycles. The van der Waals surface area contributed by atoms with Crippen molar-refractivity contribution in [2.45, 2.75) is 39.3 Å². The lowest BCUT2D eigenvalue weighted by atomic mass is 10.1. The molecule has 12 heavy (non-hydrogen) atoms.